The highest BCUT2D eigenvalue weighted by Crippen LogP contribution is 2.37. The van der Waals surface area contributed by atoms with Gasteiger partial charge in [-0.15, -0.1) is 0 Å². The molecule has 0 aliphatic heterocycles. The van der Waals surface area contributed by atoms with Gasteiger partial charge in [-0.3, -0.25) is 4.79 Å². The minimum absolute atomic E-state index is 0.204. The molecule has 0 fully saturated rings. The lowest BCUT2D eigenvalue weighted by atomic mass is 10.0. The van der Waals surface area contributed by atoms with Crippen LogP contribution in [0.2, 0.25) is 0 Å². The first kappa shape index (κ1) is 21.8. The zero-order chi connectivity index (χ0) is 21.3. The molecular formula is C23H18Br2O3P+. The van der Waals surface area contributed by atoms with Gasteiger partial charge >= 0.3 is 13.3 Å². The van der Waals surface area contributed by atoms with Crippen molar-refractivity contribution in [1.29, 1.82) is 0 Å². The average Bonchev–Trinajstić information content (AvgIpc) is 2.67. The summed E-state index contributed by atoms with van der Waals surface area (Å²) in [6.45, 7) is 5.64. The quantitative estimate of drug-likeness (QED) is 0.272. The second-order valence-electron chi connectivity index (χ2n) is 6.83. The first-order chi connectivity index (χ1) is 13.7. The van der Waals surface area contributed by atoms with Gasteiger partial charge in [-0.05, 0) is 75.9 Å². The Kier molecular flexibility index (Phi) is 6.62. The molecule has 146 valence electrons. The van der Waals surface area contributed by atoms with Crippen LogP contribution in [0.25, 0.3) is 0 Å². The molecule has 3 aromatic rings. The molecule has 0 amide bonds. The summed E-state index contributed by atoms with van der Waals surface area (Å²) in [7, 11) is -2.44. The molecule has 29 heavy (non-hydrogen) atoms. The molecule has 1 atom stereocenters. The van der Waals surface area contributed by atoms with Gasteiger partial charge in [0.25, 0.3) is 0 Å². The van der Waals surface area contributed by atoms with Crippen LogP contribution in [0.3, 0.4) is 0 Å². The number of aryl methyl sites for hydroxylation is 3. The fourth-order valence-corrected chi connectivity index (χ4v) is 6.78. The normalized spacial score (nSPS) is 11.3. The van der Waals surface area contributed by atoms with E-state index in [-0.39, 0.29) is 5.78 Å². The Balaban J connectivity index is 2.08. The molecule has 0 spiro atoms. The van der Waals surface area contributed by atoms with E-state index < -0.39 is 13.3 Å². The summed E-state index contributed by atoms with van der Waals surface area (Å²) in [5.74, 6) is -0.204. The third kappa shape index (κ3) is 4.32. The first-order valence-electron chi connectivity index (χ1n) is 8.89. The summed E-state index contributed by atoms with van der Waals surface area (Å²) in [4.78, 5) is 26.1. The highest BCUT2D eigenvalue weighted by Gasteiger charge is 2.40. The Labute approximate surface area is 187 Å². The third-order valence-electron chi connectivity index (χ3n) is 4.63. The van der Waals surface area contributed by atoms with Crippen molar-refractivity contribution in [3.05, 3.63) is 96.9 Å². The summed E-state index contributed by atoms with van der Waals surface area (Å²) in [6, 6.07) is 16.0. The average molecular weight is 533 g/mol. The molecule has 3 rings (SSSR count). The van der Waals surface area contributed by atoms with Crippen LogP contribution >= 0.6 is 39.7 Å². The summed E-state index contributed by atoms with van der Waals surface area (Å²) in [5, 5.41) is 0.297. The Morgan fingerprint density at radius 1 is 0.862 bits per heavy atom. The Morgan fingerprint density at radius 2 is 1.45 bits per heavy atom. The highest BCUT2D eigenvalue weighted by atomic mass is 79.9. The lowest BCUT2D eigenvalue weighted by molar-refractivity contribution is 0.103. The van der Waals surface area contributed by atoms with Crippen LogP contribution in [0.1, 0.15) is 43.0 Å². The minimum Gasteiger partial charge on any atom is -0.289 e. The van der Waals surface area contributed by atoms with Crippen LogP contribution in [-0.4, -0.2) is 11.3 Å². The molecule has 0 aliphatic carbocycles. The Morgan fingerprint density at radius 3 is 2.03 bits per heavy atom. The maximum atomic E-state index is 13.3. The SMILES string of the molecule is Cc1cc(C)c(C(=O)[P+](=O)c2c(Br)ccc(C(=O)c3ccccc3)c2Br)c(C)c1. The van der Waals surface area contributed by atoms with Crippen LogP contribution in [0.15, 0.2) is 63.5 Å². The third-order valence-corrected chi connectivity index (χ3v) is 8.19. The van der Waals surface area contributed by atoms with E-state index in [1.54, 1.807) is 36.4 Å². The maximum Gasteiger partial charge on any atom is 0.461 e. The van der Waals surface area contributed by atoms with E-state index in [0.717, 1.165) is 16.7 Å². The van der Waals surface area contributed by atoms with Crippen LogP contribution < -0.4 is 5.30 Å². The van der Waals surface area contributed by atoms with E-state index in [1.165, 1.54) is 0 Å². The standard InChI is InChI=1S/C23H18Br2O3P/c1-13-11-14(2)19(15(3)12-13)23(27)29(28)22-18(24)10-9-17(20(22)25)21(26)16-7-5-4-6-8-16/h4-12H,1-3H3/q+1. The van der Waals surface area contributed by atoms with Gasteiger partial charge in [-0.2, -0.15) is 0 Å². The van der Waals surface area contributed by atoms with Crippen molar-refractivity contribution in [2.75, 3.05) is 0 Å². The van der Waals surface area contributed by atoms with Crippen LogP contribution in [-0.2, 0) is 4.57 Å². The van der Waals surface area contributed by atoms with Gasteiger partial charge in [0.2, 0.25) is 5.30 Å². The van der Waals surface area contributed by atoms with Gasteiger partial charge in [0.15, 0.2) is 5.78 Å². The molecule has 0 aromatic heterocycles. The smallest absolute Gasteiger partial charge is 0.289 e. The number of halogens is 2. The first-order valence-corrected chi connectivity index (χ1v) is 11.7. The van der Waals surface area contributed by atoms with E-state index >= 15 is 0 Å². The topological polar surface area (TPSA) is 51.2 Å². The Hall–Kier alpha value is -1.94. The van der Waals surface area contributed by atoms with E-state index in [4.69, 9.17) is 0 Å². The molecule has 0 heterocycles. The van der Waals surface area contributed by atoms with E-state index in [0.29, 0.717) is 30.9 Å². The fraction of sp³-hybridized carbons (Fsp3) is 0.130. The molecule has 0 aliphatic rings. The molecule has 6 heteroatoms. The van der Waals surface area contributed by atoms with E-state index in [2.05, 4.69) is 31.9 Å². The monoisotopic (exact) mass is 531 g/mol. The van der Waals surface area contributed by atoms with Crippen LogP contribution in [0, 0.1) is 20.8 Å². The molecule has 3 nitrogen and oxygen atoms in total. The van der Waals surface area contributed by atoms with Crippen molar-refractivity contribution in [3.8, 4) is 0 Å². The number of hydrogen-bond acceptors (Lipinski definition) is 3. The zero-order valence-corrected chi connectivity index (χ0v) is 20.2. The number of benzene rings is 3. The highest BCUT2D eigenvalue weighted by molar-refractivity contribution is 9.11. The number of carbonyl (C=O) groups is 2. The lowest BCUT2D eigenvalue weighted by Crippen LogP contribution is -2.14. The van der Waals surface area contributed by atoms with Crippen molar-refractivity contribution in [1.82, 2.24) is 0 Å². The fourth-order valence-electron chi connectivity index (χ4n) is 3.37. The molecule has 0 saturated heterocycles. The van der Waals surface area contributed by atoms with Crippen molar-refractivity contribution >= 4 is 56.3 Å². The molecule has 0 bridgehead atoms. The molecular weight excluding hydrogens is 515 g/mol. The van der Waals surface area contributed by atoms with Gasteiger partial charge in [0.05, 0.1) is 14.5 Å². The second kappa shape index (κ2) is 8.83. The van der Waals surface area contributed by atoms with Crippen molar-refractivity contribution in [3.63, 3.8) is 0 Å². The number of rotatable bonds is 5. The second-order valence-corrected chi connectivity index (χ2v) is 9.92. The lowest BCUT2D eigenvalue weighted by Gasteiger charge is -2.07. The van der Waals surface area contributed by atoms with Gasteiger partial charge in [0, 0.05) is 11.1 Å². The molecule has 0 radical (unpaired) electrons. The van der Waals surface area contributed by atoms with Gasteiger partial charge in [0.1, 0.15) is 0 Å². The largest absolute Gasteiger partial charge is 0.461 e. The maximum absolute atomic E-state index is 13.3. The van der Waals surface area contributed by atoms with E-state index in [9.17, 15) is 14.2 Å². The minimum atomic E-state index is -2.44. The summed E-state index contributed by atoms with van der Waals surface area (Å²) in [6.07, 6.45) is 0. The van der Waals surface area contributed by atoms with Crippen molar-refractivity contribution in [2.45, 2.75) is 20.8 Å². The van der Waals surface area contributed by atoms with E-state index in [1.807, 2.05) is 39.0 Å². The Bertz CT molecular complexity index is 1130. The number of hydrogen-bond donors (Lipinski definition) is 0. The van der Waals surface area contributed by atoms with Crippen LogP contribution in [0.4, 0.5) is 0 Å². The van der Waals surface area contributed by atoms with Gasteiger partial charge < -0.3 is 0 Å². The van der Waals surface area contributed by atoms with Crippen molar-refractivity contribution < 1.29 is 14.2 Å². The molecule has 1 unspecified atom stereocenters. The summed E-state index contributed by atoms with van der Waals surface area (Å²) in [5.41, 5.74) is 3.54. The predicted molar refractivity (Wildman–Crippen MR) is 124 cm³/mol. The number of carbonyl (C=O) groups excluding carboxylic acids is 2. The summed E-state index contributed by atoms with van der Waals surface area (Å²) >= 11 is 6.83. The number of ketones is 1. The molecule has 0 N–H and O–H groups in total. The predicted octanol–water partition coefficient (Wildman–Crippen LogP) is 6.66. The molecule has 3 aromatic carbocycles. The van der Waals surface area contributed by atoms with Crippen molar-refractivity contribution in [2.24, 2.45) is 0 Å². The van der Waals surface area contributed by atoms with Gasteiger partial charge in [-0.1, -0.05) is 52.6 Å². The van der Waals surface area contributed by atoms with Gasteiger partial charge in [-0.25, -0.2) is 4.79 Å². The zero-order valence-electron chi connectivity index (χ0n) is 16.1. The van der Waals surface area contributed by atoms with Crippen LogP contribution in [0.5, 0.6) is 0 Å². The summed E-state index contributed by atoms with van der Waals surface area (Å²) < 4.78 is 14.2. The molecule has 0 saturated carbocycles.